The summed E-state index contributed by atoms with van der Waals surface area (Å²) in [6.45, 7) is 3.98. The predicted octanol–water partition coefficient (Wildman–Crippen LogP) is 0.622. The van der Waals surface area contributed by atoms with Gasteiger partial charge in [-0.15, -0.1) is 0 Å². The number of nitrogens with zero attached hydrogens (tertiary/aromatic N) is 1. The molecule has 0 aromatic rings. The van der Waals surface area contributed by atoms with E-state index < -0.39 is 10.8 Å². The van der Waals surface area contributed by atoms with Crippen molar-refractivity contribution in [3.05, 3.63) is 0 Å². The molecular formula is C9H17NO2S. The molecule has 0 radical (unpaired) electrons. The molecule has 0 bridgehead atoms. The Balaban J connectivity index is 2.53. The summed E-state index contributed by atoms with van der Waals surface area (Å²) in [4.78, 5) is 13.5. The van der Waals surface area contributed by atoms with Gasteiger partial charge in [0.2, 0.25) is 5.91 Å². The first-order chi connectivity index (χ1) is 6.02. The topological polar surface area (TPSA) is 37.4 Å². The zero-order chi connectivity index (χ0) is 10.0. The van der Waals surface area contributed by atoms with Crippen LogP contribution < -0.4 is 0 Å². The molecular weight excluding hydrogens is 186 g/mol. The second-order valence-corrected chi connectivity index (χ2v) is 5.46. The van der Waals surface area contributed by atoms with Gasteiger partial charge in [0.25, 0.3) is 0 Å². The Labute approximate surface area is 81.9 Å². The molecule has 0 aliphatic carbocycles. The van der Waals surface area contributed by atoms with Gasteiger partial charge in [-0.1, -0.05) is 0 Å². The summed E-state index contributed by atoms with van der Waals surface area (Å²) < 4.78 is 11.1. The van der Waals surface area contributed by atoms with Crippen molar-refractivity contribution < 1.29 is 9.00 Å². The van der Waals surface area contributed by atoms with E-state index in [0.29, 0.717) is 11.5 Å². The molecule has 0 N–H and O–H groups in total. The van der Waals surface area contributed by atoms with Crippen LogP contribution in [0.15, 0.2) is 0 Å². The molecule has 1 heterocycles. The van der Waals surface area contributed by atoms with Crippen LogP contribution >= 0.6 is 0 Å². The average molecular weight is 203 g/mol. The number of amides is 1. The van der Waals surface area contributed by atoms with Crippen molar-refractivity contribution in [3.8, 4) is 0 Å². The summed E-state index contributed by atoms with van der Waals surface area (Å²) in [6, 6.07) is 0.238. The van der Waals surface area contributed by atoms with Crippen LogP contribution in [0.1, 0.15) is 20.3 Å². The molecule has 0 saturated carbocycles. The highest BCUT2D eigenvalue weighted by molar-refractivity contribution is 7.85. The third-order valence-electron chi connectivity index (χ3n) is 2.55. The molecule has 1 amide bonds. The summed E-state index contributed by atoms with van der Waals surface area (Å²) in [5.41, 5.74) is 0. The van der Waals surface area contributed by atoms with Gasteiger partial charge in [-0.2, -0.15) is 0 Å². The van der Waals surface area contributed by atoms with Gasteiger partial charge in [0.05, 0.1) is 5.92 Å². The number of hydrogen-bond acceptors (Lipinski definition) is 2. The lowest BCUT2D eigenvalue weighted by Crippen LogP contribution is -2.37. The summed E-state index contributed by atoms with van der Waals surface area (Å²) >= 11 is 0. The van der Waals surface area contributed by atoms with Crippen molar-refractivity contribution in [1.29, 1.82) is 0 Å². The van der Waals surface area contributed by atoms with Crippen molar-refractivity contribution in [2.75, 3.05) is 18.6 Å². The Kier molecular flexibility index (Phi) is 3.47. The van der Waals surface area contributed by atoms with E-state index in [0.717, 1.165) is 6.42 Å². The zero-order valence-electron chi connectivity index (χ0n) is 8.45. The Morgan fingerprint density at radius 1 is 1.54 bits per heavy atom. The van der Waals surface area contributed by atoms with Crippen LogP contribution in [0.2, 0.25) is 0 Å². The summed E-state index contributed by atoms with van der Waals surface area (Å²) in [5.74, 6) is 1.42. The fourth-order valence-corrected chi connectivity index (χ4v) is 2.87. The first-order valence-electron chi connectivity index (χ1n) is 4.64. The van der Waals surface area contributed by atoms with Gasteiger partial charge in [-0.05, 0) is 20.3 Å². The zero-order valence-corrected chi connectivity index (χ0v) is 9.26. The van der Waals surface area contributed by atoms with Crippen LogP contribution in [-0.4, -0.2) is 39.6 Å². The second-order valence-electron chi connectivity index (χ2n) is 3.84. The molecule has 2 unspecified atom stereocenters. The van der Waals surface area contributed by atoms with Gasteiger partial charge >= 0.3 is 0 Å². The van der Waals surface area contributed by atoms with Crippen molar-refractivity contribution in [2.45, 2.75) is 26.3 Å². The molecule has 13 heavy (non-hydrogen) atoms. The van der Waals surface area contributed by atoms with E-state index in [1.165, 1.54) is 0 Å². The van der Waals surface area contributed by atoms with Gasteiger partial charge < -0.3 is 4.90 Å². The van der Waals surface area contributed by atoms with Crippen LogP contribution in [0.4, 0.5) is 0 Å². The summed E-state index contributed by atoms with van der Waals surface area (Å²) in [7, 11) is 1.06. The molecule has 1 rings (SSSR count). The number of hydrogen-bond donors (Lipinski definition) is 0. The van der Waals surface area contributed by atoms with E-state index in [1.54, 1.807) is 4.90 Å². The smallest absolute Gasteiger partial charge is 0.226 e. The summed E-state index contributed by atoms with van der Waals surface area (Å²) in [5, 5.41) is 0. The molecule has 76 valence electrons. The van der Waals surface area contributed by atoms with Gasteiger partial charge in [-0.3, -0.25) is 9.00 Å². The maximum absolute atomic E-state index is 11.7. The normalized spacial score (nSPS) is 28.0. The Morgan fingerprint density at radius 2 is 2.15 bits per heavy atom. The van der Waals surface area contributed by atoms with Gasteiger partial charge in [-0.25, -0.2) is 0 Å². The SMILES string of the molecule is CC(C)N(C)C(=O)C1CCS(=O)C1. The van der Waals surface area contributed by atoms with Gasteiger partial charge in [0.15, 0.2) is 0 Å². The van der Waals surface area contributed by atoms with E-state index in [2.05, 4.69) is 0 Å². The van der Waals surface area contributed by atoms with Gasteiger partial charge in [0.1, 0.15) is 0 Å². The monoisotopic (exact) mass is 203 g/mol. The predicted molar refractivity (Wildman–Crippen MR) is 53.9 cm³/mol. The average Bonchev–Trinajstić information content (AvgIpc) is 2.49. The first kappa shape index (κ1) is 10.7. The van der Waals surface area contributed by atoms with Crippen LogP contribution in [0.3, 0.4) is 0 Å². The quantitative estimate of drug-likeness (QED) is 0.660. The minimum atomic E-state index is -0.751. The summed E-state index contributed by atoms with van der Waals surface area (Å²) in [6.07, 6.45) is 0.794. The molecule has 2 atom stereocenters. The molecule has 4 heteroatoms. The van der Waals surface area contributed by atoms with E-state index >= 15 is 0 Å². The third kappa shape index (κ3) is 2.53. The molecule has 1 aliphatic rings. The van der Waals surface area contributed by atoms with E-state index in [4.69, 9.17) is 0 Å². The van der Waals surface area contributed by atoms with Crippen LogP contribution in [-0.2, 0) is 15.6 Å². The van der Waals surface area contributed by atoms with Gasteiger partial charge in [0, 0.05) is 35.4 Å². The van der Waals surface area contributed by atoms with Crippen molar-refractivity contribution in [2.24, 2.45) is 5.92 Å². The largest absolute Gasteiger partial charge is 0.343 e. The molecule has 0 spiro atoms. The molecule has 1 saturated heterocycles. The standard InChI is InChI=1S/C9H17NO2S/c1-7(2)10(3)9(11)8-4-5-13(12)6-8/h7-8H,4-6H2,1-3H3. The van der Waals surface area contributed by atoms with E-state index in [9.17, 15) is 9.00 Å². The lowest BCUT2D eigenvalue weighted by atomic mass is 10.1. The fourth-order valence-electron chi connectivity index (χ4n) is 1.40. The minimum absolute atomic E-state index is 0.00762. The van der Waals surface area contributed by atoms with Crippen molar-refractivity contribution in [3.63, 3.8) is 0 Å². The molecule has 0 aromatic carbocycles. The van der Waals surface area contributed by atoms with Crippen molar-refractivity contribution in [1.82, 2.24) is 4.90 Å². The minimum Gasteiger partial charge on any atom is -0.343 e. The number of carbonyl (C=O) groups excluding carboxylic acids is 1. The van der Waals surface area contributed by atoms with E-state index in [-0.39, 0.29) is 17.9 Å². The number of rotatable bonds is 2. The highest BCUT2D eigenvalue weighted by Crippen LogP contribution is 2.18. The first-order valence-corrected chi connectivity index (χ1v) is 6.13. The molecule has 1 aliphatic heterocycles. The maximum Gasteiger partial charge on any atom is 0.226 e. The molecule has 3 nitrogen and oxygen atoms in total. The number of carbonyl (C=O) groups is 1. The van der Waals surface area contributed by atoms with E-state index in [1.807, 2.05) is 20.9 Å². The molecule has 1 fully saturated rings. The fraction of sp³-hybridized carbons (Fsp3) is 0.889. The van der Waals surface area contributed by atoms with Crippen LogP contribution in [0, 0.1) is 5.92 Å². The maximum atomic E-state index is 11.7. The van der Waals surface area contributed by atoms with Crippen molar-refractivity contribution >= 4 is 16.7 Å². The lowest BCUT2D eigenvalue weighted by molar-refractivity contribution is -0.134. The van der Waals surface area contributed by atoms with Crippen LogP contribution in [0.25, 0.3) is 0 Å². The Morgan fingerprint density at radius 3 is 2.54 bits per heavy atom. The second kappa shape index (κ2) is 4.22. The highest BCUT2D eigenvalue weighted by atomic mass is 32.2. The molecule has 0 aromatic heterocycles. The van der Waals surface area contributed by atoms with Crippen LogP contribution in [0.5, 0.6) is 0 Å². The Bertz CT molecular complexity index is 228. The Hall–Kier alpha value is -0.380. The highest BCUT2D eigenvalue weighted by Gasteiger charge is 2.30. The lowest BCUT2D eigenvalue weighted by Gasteiger charge is -2.24. The third-order valence-corrected chi connectivity index (χ3v) is 4.02.